The van der Waals surface area contributed by atoms with E-state index in [9.17, 15) is 14.7 Å². The van der Waals surface area contributed by atoms with Gasteiger partial charge in [0.1, 0.15) is 0 Å². The van der Waals surface area contributed by atoms with Crippen molar-refractivity contribution in [3.05, 3.63) is 95.1 Å². The smallest absolute Gasteiger partial charge is 0.220 e. The van der Waals surface area contributed by atoms with Gasteiger partial charge in [0.05, 0.1) is 18.8 Å². The molecule has 49 heavy (non-hydrogen) atoms. The number of unbranched alkanes of at least 4 members (excludes halogenated alkanes) is 2. The predicted octanol–water partition coefficient (Wildman–Crippen LogP) is 7.22. The summed E-state index contributed by atoms with van der Waals surface area (Å²) in [6, 6.07) is 24.8. The first-order valence-corrected chi connectivity index (χ1v) is 18.3. The third-order valence-electron chi connectivity index (χ3n) is 9.95. The van der Waals surface area contributed by atoms with E-state index in [2.05, 4.69) is 71.0 Å². The van der Waals surface area contributed by atoms with E-state index < -0.39 is 6.29 Å². The van der Waals surface area contributed by atoms with Crippen molar-refractivity contribution in [2.24, 2.45) is 5.92 Å². The van der Waals surface area contributed by atoms with Crippen LogP contribution in [0.5, 0.6) is 0 Å². The van der Waals surface area contributed by atoms with Crippen LogP contribution in [-0.4, -0.2) is 54.1 Å². The quantitative estimate of drug-likeness (QED) is 0.157. The van der Waals surface area contributed by atoms with Crippen molar-refractivity contribution >= 4 is 11.8 Å². The highest BCUT2D eigenvalue weighted by molar-refractivity contribution is 5.76. The number of ether oxygens (including phenoxy) is 2. The summed E-state index contributed by atoms with van der Waals surface area (Å²) in [4.78, 5) is 26.2. The number of rotatable bonds is 14. The monoisotopic (exact) mass is 669 g/mol. The van der Waals surface area contributed by atoms with Crippen molar-refractivity contribution in [2.75, 3.05) is 26.2 Å². The molecule has 3 aromatic rings. The Kier molecular flexibility index (Phi) is 14.2. The van der Waals surface area contributed by atoms with Gasteiger partial charge >= 0.3 is 0 Å². The maximum atomic E-state index is 12.6. The fraction of sp³-hybridized carbons (Fsp3) is 0.512. The number of hydrogen-bond acceptors (Lipinski definition) is 6. The molecular weight excluding hydrogens is 614 g/mol. The average molecular weight is 670 g/mol. The number of aliphatic hydroxyl groups is 1. The molecule has 3 aromatic carbocycles. The summed E-state index contributed by atoms with van der Waals surface area (Å²) in [7, 11) is 0. The van der Waals surface area contributed by atoms with Crippen LogP contribution in [0.15, 0.2) is 72.8 Å². The number of nitrogens with one attached hydrogen (secondary N) is 2. The summed E-state index contributed by atoms with van der Waals surface area (Å²) >= 11 is 0. The second kappa shape index (κ2) is 19.0. The van der Waals surface area contributed by atoms with E-state index in [0.29, 0.717) is 19.5 Å². The van der Waals surface area contributed by atoms with Gasteiger partial charge in [-0.3, -0.25) is 9.59 Å². The lowest BCUT2D eigenvalue weighted by atomic mass is 9.89. The maximum absolute atomic E-state index is 12.6. The molecule has 4 atom stereocenters. The minimum absolute atomic E-state index is 0.0157. The lowest BCUT2D eigenvalue weighted by Crippen LogP contribution is -2.45. The number of hydrogen-bond donors (Lipinski definition) is 3. The zero-order valence-electron chi connectivity index (χ0n) is 29.4. The minimum atomic E-state index is -0.500. The van der Waals surface area contributed by atoms with Crippen LogP contribution >= 0.6 is 0 Å². The Balaban J connectivity index is 1.25. The maximum Gasteiger partial charge on any atom is 0.220 e. The van der Waals surface area contributed by atoms with Crippen molar-refractivity contribution in [2.45, 2.75) is 103 Å². The van der Waals surface area contributed by atoms with Crippen molar-refractivity contribution in [3.8, 4) is 11.1 Å². The van der Waals surface area contributed by atoms with Gasteiger partial charge in [-0.05, 0) is 66.6 Å². The molecule has 5 rings (SSSR count). The first-order chi connectivity index (χ1) is 23.9. The number of amides is 2. The molecule has 0 unspecified atom stereocenters. The van der Waals surface area contributed by atoms with Crippen molar-refractivity contribution in [1.29, 1.82) is 0 Å². The molecule has 3 N–H and O–H groups in total. The van der Waals surface area contributed by atoms with Crippen LogP contribution in [0, 0.1) is 5.92 Å². The summed E-state index contributed by atoms with van der Waals surface area (Å²) in [5.41, 5.74) is 6.20. The van der Waals surface area contributed by atoms with E-state index in [1.165, 1.54) is 39.0 Å². The van der Waals surface area contributed by atoms with E-state index in [0.717, 1.165) is 72.3 Å². The van der Waals surface area contributed by atoms with Gasteiger partial charge in [0.15, 0.2) is 6.29 Å². The molecule has 8 nitrogen and oxygen atoms in total. The molecule has 2 amide bonds. The summed E-state index contributed by atoms with van der Waals surface area (Å²) in [6.07, 6.45) is 8.84. The highest BCUT2D eigenvalue weighted by Crippen LogP contribution is 2.42. The predicted molar refractivity (Wildman–Crippen MR) is 193 cm³/mol. The zero-order valence-corrected chi connectivity index (χ0v) is 29.4. The van der Waals surface area contributed by atoms with Crippen LogP contribution in [0.3, 0.4) is 0 Å². The molecule has 2 saturated heterocycles. The van der Waals surface area contributed by atoms with Crippen LogP contribution in [0.1, 0.15) is 106 Å². The molecule has 2 heterocycles. The standard InChI is InChI=1S/C41H55N3O5/c1-30-38(28-44-25-11-4-3-5-12-26-44)48-41(49-40(30)34-18-16-32(29-45)17-19-34)35-22-20-33(21-23-35)37-14-9-8-13-36(37)27-43-39(47)15-7-6-10-24-42-31(2)46/h8-9,13-14,16-23,30,38,40-41,45H,3-7,10-12,15,24-29H2,1-2H3,(H,42,46)(H,43,47)/t30-,38+,40+,41+/m0/s1. The molecule has 8 heteroatoms. The first kappa shape index (κ1) is 36.7. The third-order valence-corrected chi connectivity index (χ3v) is 9.95. The van der Waals surface area contributed by atoms with E-state index in [1.54, 1.807) is 0 Å². The second-order valence-electron chi connectivity index (χ2n) is 13.7. The highest BCUT2D eigenvalue weighted by Gasteiger charge is 2.39. The van der Waals surface area contributed by atoms with Gasteiger partial charge in [-0.15, -0.1) is 0 Å². The summed E-state index contributed by atoms with van der Waals surface area (Å²) in [6.45, 7) is 8.01. The van der Waals surface area contributed by atoms with Crippen LogP contribution in [0.2, 0.25) is 0 Å². The minimum Gasteiger partial charge on any atom is -0.392 e. The summed E-state index contributed by atoms with van der Waals surface area (Å²) in [5.74, 6) is 0.178. The van der Waals surface area contributed by atoms with Crippen LogP contribution in [0.4, 0.5) is 0 Å². The Morgan fingerprint density at radius 3 is 2.22 bits per heavy atom. The van der Waals surface area contributed by atoms with E-state index >= 15 is 0 Å². The molecule has 0 aliphatic carbocycles. The first-order valence-electron chi connectivity index (χ1n) is 18.3. The molecule has 2 aliphatic rings. The van der Waals surface area contributed by atoms with Gasteiger partial charge in [0.2, 0.25) is 11.8 Å². The highest BCUT2D eigenvalue weighted by atomic mass is 16.7. The number of likely N-dealkylation sites (tertiary alicyclic amines) is 1. The van der Waals surface area contributed by atoms with E-state index in [-0.39, 0.29) is 36.5 Å². The topological polar surface area (TPSA) is 100 Å². The number of nitrogens with zero attached hydrogens (tertiary/aromatic N) is 1. The summed E-state index contributed by atoms with van der Waals surface area (Å²) < 4.78 is 13.5. The Morgan fingerprint density at radius 1 is 0.816 bits per heavy atom. The zero-order chi connectivity index (χ0) is 34.4. The van der Waals surface area contributed by atoms with Crippen molar-refractivity contribution in [3.63, 3.8) is 0 Å². The second-order valence-corrected chi connectivity index (χ2v) is 13.7. The lowest BCUT2D eigenvalue weighted by molar-refractivity contribution is -0.276. The fourth-order valence-electron chi connectivity index (χ4n) is 6.99. The SMILES string of the molecule is CC(=O)NCCCCCC(=O)NCc1ccccc1-c1ccc([C@@H]2O[C@H](CN3CCCCCCC3)[C@H](C)[C@H](c3ccc(CO)cc3)O2)cc1. The number of carbonyl (C=O) groups excluding carboxylic acids is 2. The van der Waals surface area contributed by atoms with Gasteiger partial charge < -0.3 is 30.1 Å². The number of benzene rings is 3. The normalized spacial score (nSPS) is 21.8. The van der Waals surface area contributed by atoms with Gasteiger partial charge in [-0.1, -0.05) is 105 Å². The molecule has 0 radical (unpaired) electrons. The Morgan fingerprint density at radius 2 is 1.51 bits per heavy atom. The number of carbonyl (C=O) groups is 2. The van der Waals surface area contributed by atoms with Crippen LogP contribution in [-0.2, 0) is 32.2 Å². The lowest BCUT2D eigenvalue weighted by Gasteiger charge is -2.43. The fourth-order valence-corrected chi connectivity index (χ4v) is 6.99. The Labute approximate surface area is 292 Å². The molecule has 0 bridgehead atoms. The molecule has 2 fully saturated rings. The number of aliphatic hydroxyl groups excluding tert-OH is 1. The van der Waals surface area contributed by atoms with Gasteiger partial charge in [-0.2, -0.15) is 0 Å². The van der Waals surface area contributed by atoms with E-state index in [1.807, 2.05) is 24.3 Å². The molecule has 2 aliphatic heterocycles. The molecule has 0 aromatic heterocycles. The van der Waals surface area contributed by atoms with Gasteiger partial charge in [-0.25, -0.2) is 0 Å². The molecule has 0 spiro atoms. The average Bonchev–Trinajstić information content (AvgIpc) is 3.11. The largest absolute Gasteiger partial charge is 0.392 e. The van der Waals surface area contributed by atoms with Crippen LogP contribution < -0.4 is 10.6 Å². The van der Waals surface area contributed by atoms with Crippen LogP contribution in [0.25, 0.3) is 11.1 Å². The Bertz CT molecular complexity index is 1450. The Hall–Kier alpha value is -3.56. The van der Waals surface area contributed by atoms with Crippen molar-refractivity contribution in [1.82, 2.24) is 15.5 Å². The van der Waals surface area contributed by atoms with Crippen molar-refractivity contribution < 1.29 is 24.2 Å². The molecule has 264 valence electrons. The summed E-state index contributed by atoms with van der Waals surface area (Å²) in [5, 5.41) is 15.5. The molecular formula is C41H55N3O5. The van der Waals surface area contributed by atoms with Gasteiger partial charge in [0.25, 0.3) is 0 Å². The molecule has 0 saturated carbocycles. The van der Waals surface area contributed by atoms with E-state index in [4.69, 9.17) is 9.47 Å². The van der Waals surface area contributed by atoms with Gasteiger partial charge in [0, 0.05) is 44.5 Å². The third kappa shape index (κ3) is 11.0.